The van der Waals surface area contributed by atoms with Crippen molar-refractivity contribution in [3.8, 4) is 11.5 Å². The van der Waals surface area contributed by atoms with Gasteiger partial charge in [0.15, 0.2) is 10.9 Å². The minimum Gasteiger partial charge on any atom is -0.497 e. The lowest BCUT2D eigenvalue weighted by Crippen LogP contribution is -2.19. The maximum absolute atomic E-state index is 12.5. The highest BCUT2D eigenvalue weighted by molar-refractivity contribution is 8.00. The van der Waals surface area contributed by atoms with Gasteiger partial charge in [0.25, 0.3) is 0 Å². The number of thioether (sulfide) groups is 1. The molecule has 0 bridgehead atoms. The highest BCUT2D eigenvalue weighted by Crippen LogP contribution is 2.29. The van der Waals surface area contributed by atoms with Gasteiger partial charge in [0.1, 0.15) is 11.5 Å². The molecule has 3 aromatic rings. The summed E-state index contributed by atoms with van der Waals surface area (Å²) in [5.41, 5.74) is 2.76. The van der Waals surface area contributed by atoms with E-state index in [2.05, 4.69) is 16.0 Å². The van der Waals surface area contributed by atoms with E-state index in [0.717, 1.165) is 16.3 Å². The van der Waals surface area contributed by atoms with Gasteiger partial charge in [-0.2, -0.15) is 0 Å². The zero-order valence-electron chi connectivity index (χ0n) is 19.0. The van der Waals surface area contributed by atoms with Crippen molar-refractivity contribution in [1.82, 2.24) is 0 Å². The predicted molar refractivity (Wildman–Crippen MR) is 142 cm³/mol. The second-order valence-corrected chi connectivity index (χ2v) is 8.60. The molecule has 0 heterocycles. The first-order valence-electron chi connectivity index (χ1n) is 10.3. The van der Waals surface area contributed by atoms with Gasteiger partial charge in [-0.3, -0.25) is 9.59 Å². The molecule has 0 radical (unpaired) electrons. The summed E-state index contributed by atoms with van der Waals surface area (Å²) in [7, 11) is 3.11. The topological polar surface area (TPSA) is 88.7 Å². The predicted octanol–water partition coefficient (Wildman–Crippen LogP) is 5.45. The molecule has 3 N–H and O–H groups in total. The molecule has 7 nitrogen and oxygen atoms in total. The van der Waals surface area contributed by atoms with Gasteiger partial charge in [-0.05, 0) is 73.7 Å². The molecule has 0 aromatic heterocycles. The van der Waals surface area contributed by atoms with Crippen LogP contribution in [-0.4, -0.2) is 36.8 Å². The van der Waals surface area contributed by atoms with Crippen LogP contribution >= 0.6 is 24.0 Å². The number of thiocarbonyl (C=S) groups is 1. The first-order chi connectivity index (χ1) is 16.4. The summed E-state index contributed by atoms with van der Waals surface area (Å²) in [5.74, 6) is 1.25. The fourth-order valence-electron chi connectivity index (χ4n) is 2.99. The van der Waals surface area contributed by atoms with Gasteiger partial charge in [-0.15, -0.1) is 11.8 Å². The van der Waals surface area contributed by atoms with E-state index in [1.54, 1.807) is 56.7 Å². The molecule has 34 heavy (non-hydrogen) atoms. The molecule has 0 fully saturated rings. The molecule has 0 unspecified atom stereocenters. The Morgan fingerprint density at radius 2 is 1.62 bits per heavy atom. The van der Waals surface area contributed by atoms with Crippen LogP contribution in [0.4, 0.5) is 17.1 Å². The number of anilines is 3. The number of hydrogen-bond acceptors (Lipinski definition) is 6. The molecule has 0 aliphatic rings. The Kier molecular flexibility index (Phi) is 8.89. The van der Waals surface area contributed by atoms with Crippen LogP contribution in [0.2, 0.25) is 0 Å². The van der Waals surface area contributed by atoms with Crippen molar-refractivity contribution in [2.45, 2.75) is 11.8 Å². The second-order valence-electron chi connectivity index (χ2n) is 7.14. The Balaban J connectivity index is 1.54. The van der Waals surface area contributed by atoms with Crippen molar-refractivity contribution in [1.29, 1.82) is 0 Å². The van der Waals surface area contributed by atoms with Crippen LogP contribution in [0.15, 0.2) is 71.6 Å². The quantitative estimate of drug-likeness (QED) is 0.205. The lowest BCUT2D eigenvalue weighted by atomic mass is 10.1. The maximum Gasteiger partial charge on any atom is 0.234 e. The third-order valence-corrected chi connectivity index (χ3v) is 5.89. The lowest BCUT2D eigenvalue weighted by Gasteiger charge is -2.13. The van der Waals surface area contributed by atoms with E-state index < -0.39 is 0 Å². The molecule has 0 spiro atoms. The largest absolute Gasteiger partial charge is 0.497 e. The molecule has 9 heteroatoms. The average molecular weight is 496 g/mol. The zero-order chi connectivity index (χ0) is 24.5. The van der Waals surface area contributed by atoms with E-state index in [9.17, 15) is 9.59 Å². The first-order valence-corrected chi connectivity index (χ1v) is 11.7. The number of rotatable bonds is 9. The summed E-state index contributed by atoms with van der Waals surface area (Å²) in [4.78, 5) is 24.8. The molecule has 0 saturated heterocycles. The third kappa shape index (κ3) is 7.23. The van der Waals surface area contributed by atoms with Gasteiger partial charge in [0, 0.05) is 27.9 Å². The molecule has 0 aliphatic carbocycles. The minimum atomic E-state index is -0.166. The fourth-order valence-corrected chi connectivity index (χ4v) is 3.98. The van der Waals surface area contributed by atoms with Gasteiger partial charge in [0.05, 0.1) is 25.7 Å². The fraction of sp³-hybridized carbons (Fsp3) is 0.160. The average Bonchev–Trinajstić information content (AvgIpc) is 2.83. The van der Waals surface area contributed by atoms with Crippen molar-refractivity contribution in [3.05, 3.63) is 72.3 Å². The summed E-state index contributed by atoms with van der Waals surface area (Å²) in [6.45, 7) is 1.53. The Labute approximate surface area is 208 Å². The second kappa shape index (κ2) is 12.1. The zero-order valence-corrected chi connectivity index (χ0v) is 20.6. The first kappa shape index (κ1) is 25.1. The number of carbonyl (C=O) groups excluding carboxylic acids is 2. The van der Waals surface area contributed by atoms with Crippen LogP contribution in [0, 0.1) is 0 Å². The molecular formula is C25H25N3O4S2. The standard InChI is InChI=1S/C25H25N3O4S2/c1-16(29)17-7-9-18(10-8-17)26-25(33)27-19-5-4-6-21(13-19)34-15-24(30)28-22-14-20(31-2)11-12-23(22)32-3/h4-14H,15H2,1-3H3,(H,28,30)(H2,26,27,33). The van der Waals surface area contributed by atoms with E-state index in [4.69, 9.17) is 21.7 Å². The number of hydrogen-bond donors (Lipinski definition) is 3. The van der Waals surface area contributed by atoms with E-state index in [1.165, 1.54) is 18.7 Å². The maximum atomic E-state index is 12.5. The van der Waals surface area contributed by atoms with Crippen molar-refractivity contribution in [2.75, 3.05) is 35.9 Å². The molecule has 0 aliphatic heterocycles. The number of ketones is 1. The number of benzene rings is 3. The SMILES string of the molecule is COc1ccc(OC)c(NC(=O)CSc2cccc(NC(=S)Nc3ccc(C(C)=O)cc3)c2)c1. The van der Waals surface area contributed by atoms with Crippen LogP contribution in [0.1, 0.15) is 17.3 Å². The number of ether oxygens (including phenoxy) is 2. The van der Waals surface area contributed by atoms with Gasteiger partial charge in [-0.1, -0.05) is 6.07 Å². The summed E-state index contributed by atoms with van der Waals surface area (Å²) in [5, 5.41) is 9.50. The number of carbonyl (C=O) groups is 2. The van der Waals surface area contributed by atoms with Crippen LogP contribution in [0.3, 0.4) is 0 Å². The van der Waals surface area contributed by atoms with E-state index >= 15 is 0 Å². The van der Waals surface area contributed by atoms with Crippen LogP contribution < -0.4 is 25.4 Å². The summed E-state index contributed by atoms with van der Waals surface area (Å²) < 4.78 is 10.5. The molecule has 3 rings (SSSR count). The van der Waals surface area contributed by atoms with Crippen LogP contribution in [-0.2, 0) is 4.79 Å². The van der Waals surface area contributed by atoms with Crippen LogP contribution in [0.5, 0.6) is 11.5 Å². The summed E-state index contributed by atoms with van der Waals surface area (Å²) in [6.07, 6.45) is 0. The van der Waals surface area contributed by atoms with Crippen molar-refractivity contribution < 1.29 is 19.1 Å². The summed E-state index contributed by atoms with van der Waals surface area (Å²) in [6, 6.07) is 19.9. The van der Waals surface area contributed by atoms with Gasteiger partial charge >= 0.3 is 0 Å². The Hall–Kier alpha value is -3.56. The number of methoxy groups -OCH3 is 2. The van der Waals surface area contributed by atoms with E-state index in [0.29, 0.717) is 27.9 Å². The van der Waals surface area contributed by atoms with E-state index in [1.807, 2.05) is 24.3 Å². The van der Waals surface area contributed by atoms with E-state index in [-0.39, 0.29) is 17.4 Å². The Morgan fingerprint density at radius 1 is 0.882 bits per heavy atom. The normalized spacial score (nSPS) is 10.2. The molecule has 3 aromatic carbocycles. The Morgan fingerprint density at radius 3 is 2.29 bits per heavy atom. The highest BCUT2D eigenvalue weighted by Gasteiger charge is 2.10. The van der Waals surface area contributed by atoms with Gasteiger partial charge < -0.3 is 25.4 Å². The van der Waals surface area contributed by atoms with Gasteiger partial charge in [-0.25, -0.2) is 0 Å². The van der Waals surface area contributed by atoms with Crippen LogP contribution in [0.25, 0.3) is 0 Å². The number of amides is 1. The Bertz CT molecular complexity index is 1180. The highest BCUT2D eigenvalue weighted by atomic mass is 32.2. The molecule has 0 saturated carbocycles. The summed E-state index contributed by atoms with van der Waals surface area (Å²) >= 11 is 6.79. The molecular weight excluding hydrogens is 470 g/mol. The number of Topliss-reactive ketones (excluding diaryl/α,β-unsaturated/α-hetero) is 1. The minimum absolute atomic E-state index is 0.0119. The number of nitrogens with one attached hydrogen (secondary N) is 3. The van der Waals surface area contributed by atoms with Crippen molar-refractivity contribution in [2.24, 2.45) is 0 Å². The molecule has 176 valence electrons. The van der Waals surface area contributed by atoms with Crippen molar-refractivity contribution in [3.63, 3.8) is 0 Å². The third-order valence-electron chi connectivity index (χ3n) is 4.69. The lowest BCUT2D eigenvalue weighted by molar-refractivity contribution is -0.113. The monoisotopic (exact) mass is 495 g/mol. The molecule has 1 amide bonds. The van der Waals surface area contributed by atoms with Crippen molar-refractivity contribution >= 4 is 57.8 Å². The van der Waals surface area contributed by atoms with Gasteiger partial charge in [0.2, 0.25) is 5.91 Å². The smallest absolute Gasteiger partial charge is 0.234 e. The molecule has 0 atom stereocenters.